The molecule has 0 aliphatic carbocycles. The van der Waals surface area contributed by atoms with Crippen molar-refractivity contribution in [2.24, 2.45) is 0 Å². The van der Waals surface area contributed by atoms with Gasteiger partial charge < -0.3 is 10.2 Å². The molecule has 1 saturated heterocycles. The number of fused-ring (bicyclic) bond motifs is 1. The van der Waals surface area contributed by atoms with Crippen LogP contribution in [0, 0.1) is 6.92 Å². The molecule has 0 saturated carbocycles. The molecule has 2 aromatic heterocycles. The van der Waals surface area contributed by atoms with E-state index in [1.165, 1.54) is 6.42 Å². The number of likely N-dealkylation sites (N-methyl/N-ethyl adjacent to an activating group) is 1. The monoisotopic (exact) mass is 272 g/mol. The Morgan fingerprint density at radius 1 is 1.50 bits per heavy atom. The van der Waals surface area contributed by atoms with E-state index in [9.17, 15) is 4.79 Å². The lowest BCUT2D eigenvalue weighted by atomic mass is 10.2. The summed E-state index contributed by atoms with van der Waals surface area (Å²) in [5, 5.41) is 3.04. The van der Waals surface area contributed by atoms with Gasteiger partial charge in [0.1, 0.15) is 11.3 Å². The number of pyridine rings is 1. The Balaban J connectivity index is 1.76. The number of nitrogens with one attached hydrogen (secondary N) is 1. The van der Waals surface area contributed by atoms with Crippen LogP contribution < -0.4 is 5.32 Å². The molecule has 0 spiro atoms. The molecule has 5 heteroatoms. The van der Waals surface area contributed by atoms with Crippen LogP contribution in [0.5, 0.6) is 0 Å². The summed E-state index contributed by atoms with van der Waals surface area (Å²) in [5.41, 5.74) is 2.44. The molecular weight excluding hydrogens is 252 g/mol. The van der Waals surface area contributed by atoms with E-state index in [2.05, 4.69) is 22.2 Å². The molecule has 1 atom stereocenters. The second kappa shape index (κ2) is 5.25. The van der Waals surface area contributed by atoms with Gasteiger partial charge in [-0.15, -0.1) is 0 Å². The smallest absolute Gasteiger partial charge is 0.269 e. The summed E-state index contributed by atoms with van der Waals surface area (Å²) < 4.78 is 1.90. The second-order valence-electron chi connectivity index (χ2n) is 5.49. The van der Waals surface area contributed by atoms with E-state index >= 15 is 0 Å². The average Bonchev–Trinajstić information content (AvgIpc) is 3.03. The molecule has 3 rings (SSSR count). The summed E-state index contributed by atoms with van der Waals surface area (Å²) >= 11 is 0. The largest absolute Gasteiger partial charge is 0.349 e. The van der Waals surface area contributed by atoms with Crippen molar-refractivity contribution in [3.05, 3.63) is 35.8 Å². The number of hydrogen-bond acceptors (Lipinski definition) is 3. The normalized spacial score (nSPS) is 19.6. The highest BCUT2D eigenvalue weighted by atomic mass is 16.1. The van der Waals surface area contributed by atoms with E-state index < -0.39 is 0 Å². The average molecular weight is 272 g/mol. The zero-order valence-corrected chi connectivity index (χ0v) is 12.0. The van der Waals surface area contributed by atoms with Crippen molar-refractivity contribution in [3.63, 3.8) is 0 Å². The molecule has 1 fully saturated rings. The number of carbonyl (C=O) groups excluding carboxylic acids is 1. The SMILES string of the molecule is Cc1cccc2ncc(C(=O)NC[C@@H]3CCCN3C)n12. The first kappa shape index (κ1) is 13.1. The van der Waals surface area contributed by atoms with Crippen LogP contribution in [0.15, 0.2) is 24.4 Å². The summed E-state index contributed by atoms with van der Waals surface area (Å²) in [7, 11) is 2.11. The fraction of sp³-hybridized carbons (Fsp3) is 0.467. The lowest BCUT2D eigenvalue weighted by Crippen LogP contribution is -2.38. The number of likely N-dealkylation sites (tertiary alicyclic amines) is 1. The zero-order valence-electron chi connectivity index (χ0n) is 12.0. The van der Waals surface area contributed by atoms with Gasteiger partial charge in [-0.1, -0.05) is 6.07 Å². The third kappa shape index (κ3) is 2.29. The van der Waals surface area contributed by atoms with Crippen molar-refractivity contribution in [3.8, 4) is 0 Å². The highest BCUT2D eigenvalue weighted by molar-refractivity contribution is 5.93. The van der Waals surface area contributed by atoms with Crippen molar-refractivity contribution in [2.75, 3.05) is 20.1 Å². The van der Waals surface area contributed by atoms with E-state index in [1.54, 1.807) is 6.20 Å². The first-order valence-corrected chi connectivity index (χ1v) is 7.08. The van der Waals surface area contributed by atoms with Crippen LogP contribution in [0.2, 0.25) is 0 Å². The van der Waals surface area contributed by atoms with Gasteiger partial charge in [0.05, 0.1) is 6.20 Å². The third-order valence-electron chi connectivity index (χ3n) is 4.13. The van der Waals surface area contributed by atoms with Crippen LogP contribution in [-0.4, -0.2) is 46.4 Å². The van der Waals surface area contributed by atoms with E-state index in [0.29, 0.717) is 18.3 Å². The molecule has 1 aliphatic rings. The van der Waals surface area contributed by atoms with Crippen LogP contribution in [0.4, 0.5) is 0 Å². The number of amides is 1. The van der Waals surface area contributed by atoms with Gasteiger partial charge in [0, 0.05) is 18.3 Å². The number of hydrogen-bond donors (Lipinski definition) is 1. The van der Waals surface area contributed by atoms with E-state index in [4.69, 9.17) is 0 Å². The van der Waals surface area contributed by atoms with Crippen LogP contribution in [0.25, 0.3) is 5.65 Å². The topological polar surface area (TPSA) is 49.6 Å². The number of nitrogens with zero attached hydrogens (tertiary/aromatic N) is 3. The molecule has 1 N–H and O–H groups in total. The van der Waals surface area contributed by atoms with Crippen molar-refractivity contribution in [1.29, 1.82) is 0 Å². The van der Waals surface area contributed by atoms with Gasteiger partial charge >= 0.3 is 0 Å². The molecule has 5 nitrogen and oxygen atoms in total. The van der Waals surface area contributed by atoms with Gasteiger partial charge in [0.25, 0.3) is 5.91 Å². The molecule has 0 bridgehead atoms. The van der Waals surface area contributed by atoms with Crippen molar-refractivity contribution < 1.29 is 4.79 Å². The maximum atomic E-state index is 12.3. The Morgan fingerprint density at radius 3 is 3.10 bits per heavy atom. The second-order valence-corrected chi connectivity index (χ2v) is 5.49. The minimum atomic E-state index is -0.0490. The number of aromatic nitrogens is 2. The minimum absolute atomic E-state index is 0.0490. The fourth-order valence-corrected chi connectivity index (χ4v) is 2.90. The Bertz CT molecular complexity index is 634. The first-order valence-electron chi connectivity index (χ1n) is 7.08. The molecule has 3 heterocycles. The molecule has 106 valence electrons. The Kier molecular flexibility index (Phi) is 3.44. The number of aryl methyl sites for hydroxylation is 1. The first-order chi connectivity index (χ1) is 9.66. The Morgan fingerprint density at radius 2 is 2.35 bits per heavy atom. The van der Waals surface area contributed by atoms with E-state index in [-0.39, 0.29) is 5.91 Å². The van der Waals surface area contributed by atoms with Crippen LogP contribution >= 0.6 is 0 Å². The van der Waals surface area contributed by atoms with Gasteiger partial charge in [0.15, 0.2) is 0 Å². The summed E-state index contributed by atoms with van der Waals surface area (Å²) in [6, 6.07) is 6.30. The van der Waals surface area contributed by atoms with Gasteiger partial charge in [-0.3, -0.25) is 9.20 Å². The maximum absolute atomic E-state index is 12.3. The number of imidazole rings is 1. The molecule has 0 unspecified atom stereocenters. The fourth-order valence-electron chi connectivity index (χ4n) is 2.90. The molecule has 1 amide bonds. The van der Waals surface area contributed by atoms with Crippen LogP contribution in [0.1, 0.15) is 29.0 Å². The van der Waals surface area contributed by atoms with E-state index in [0.717, 1.165) is 24.3 Å². The summed E-state index contributed by atoms with van der Waals surface area (Å²) in [6.07, 6.45) is 4.02. The van der Waals surface area contributed by atoms with Gasteiger partial charge in [-0.05, 0) is 45.5 Å². The third-order valence-corrected chi connectivity index (χ3v) is 4.13. The number of carbonyl (C=O) groups is 1. The van der Waals surface area contributed by atoms with Crippen molar-refractivity contribution in [1.82, 2.24) is 19.6 Å². The van der Waals surface area contributed by atoms with Gasteiger partial charge in [-0.2, -0.15) is 0 Å². The molecule has 0 radical (unpaired) electrons. The molecule has 2 aromatic rings. The predicted octanol–water partition coefficient (Wildman–Crippen LogP) is 1.47. The van der Waals surface area contributed by atoms with Gasteiger partial charge in [0.2, 0.25) is 0 Å². The zero-order chi connectivity index (χ0) is 14.1. The van der Waals surface area contributed by atoms with Crippen molar-refractivity contribution >= 4 is 11.6 Å². The molecule has 0 aromatic carbocycles. The summed E-state index contributed by atoms with van der Waals surface area (Å²) in [5.74, 6) is -0.0490. The molecule has 1 aliphatic heterocycles. The summed E-state index contributed by atoms with van der Waals surface area (Å²) in [4.78, 5) is 18.9. The summed E-state index contributed by atoms with van der Waals surface area (Å²) in [6.45, 7) is 3.81. The standard InChI is InChI=1S/C15H20N4O/c1-11-5-3-7-14-16-10-13(19(11)14)15(20)17-9-12-6-4-8-18(12)2/h3,5,7,10,12H,4,6,8-9H2,1-2H3,(H,17,20)/t12-/m0/s1. The van der Waals surface area contributed by atoms with Crippen LogP contribution in [0.3, 0.4) is 0 Å². The van der Waals surface area contributed by atoms with Gasteiger partial charge in [-0.25, -0.2) is 4.98 Å². The lowest BCUT2D eigenvalue weighted by Gasteiger charge is -2.19. The Labute approximate surface area is 118 Å². The predicted molar refractivity (Wildman–Crippen MR) is 77.9 cm³/mol. The minimum Gasteiger partial charge on any atom is -0.349 e. The number of rotatable bonds is 3. The quantitative estimate of drug-likeness (QED) is 0.920. The Hall–Kier alpha value is -1.88. The highest BCUT2D eigenvalue weighted by Crippen LogP contribution is 2.14. The lowest BCUT2D eigenvalue weighted by molar-refractivity contribution is 0.0937. The molecule has 20 heavy (non-hydrogen) atoms. The molecular formula is C15H20N4O. The van der Waals surface area contributed by atoms with Crippen LogP contribution in [-0.2, 0) is 0 Å². The van der Waals surface area contributed by atoms with E-state index in [1.807, 2.05) is 29.5 Å². The maximum Gasteiger partial charge on any atom is 0.269 e. The van der Waals surface area contributed by atoms with Crippen molar-refractivity contribution in [2.45, 2.75) is 25.8 Å². The highest BCUT2D eigenvalue weighted by Gasteiger charge is 2.22.